The smallest absolute Gasteiger partial charge is 0.228 e. The van der Waals surface area contributed by atoms with Crippen LogP contribution in [0.4, 0.5) is 0 Å². The van der Waals surface area contributed by atoms with E-state index in [1.165, 1.54) is 4.88 Å². The quantitative estimate of drug-likeness (QED) is 0.431. The average molecular weight is 483 g/mol. The zero-order chi connectivity index (χ0) is 24.1. The molecule has 0 radical (unpaired) electrons. The van der Waals surface area contributed by atoms with Gasteiger partial charge in [-0.2, -0.15) is 0 Å². The van der Waals surface area contributed by atoms with Gasteiger partial charge in [-0.1, -0.05) is 6.07 Å². The van der Waals surface area contributed by atoms with Gasteiger partial charge >= 0.3 is 0 Å². The Balaban J connectivity index is 1.40. The predicted molar refractivity (Wildman–Crippen MR) is 130 cm³/mol. The number of likely N-dealkylation sites (tertiary alicyclic amines) is 1. The molecule has 7 nitrogen and oxygen atoms in total. The molecule has 1 saturated heterocycles. The zero-order valence-corrected chi connectivity index (χ0v) is 20.6. The topological polar surface area (TPSA) is 72.2 Å². The molecule has 0 saturated carbocycles. The first kappa shape index (κ1) is 23.9. The van der Waals surface area contributed by atoms with Crippen molar-refractivity contribution < 1.29 is 23.5 Å². The van der Waals surface area contributed by atoms with Crippen LogP contribution in [0.5, 0.6) is 11.5 Å². The molecule has 2 amide bonds. The lowest BCUT2D eigenvalue weighted by Crippen LogP contribution is -2.36. The fraction of sp³-hybridized carbons (Fsp3) is 0.385. The summed E-state index contributed by atoms with van der Waals surface area (Å²) < 4.78 is 16.2. The Morgan fingerprint density at radius 1 is 1.15 bits per heavy atom. The molecular formula is C26H30N2O5S. The number of nitrogens with zero attached hydrogens (tertiary/aromatic N) is 2. The molecule has 3 heterocycles. The minimum absolute atomic E-state index is 0.00980. The van der Waals surface area contributed by atoms with Crippen LogP contribution >= 0.6 is 11.3 Å². The van der Waals surface area contributed by atoms with Crippen molar-refractivity contribution in [3.63, 3.8) is 0 Å². The monoisotopic (exact) mass is 482 g/mol. The molecule has 34 heavy (non-hydrogen) atoms. The first-order valence-electron chi connectivity index (χ1n) is 11.3. The third-order valence-electron chi connectivity index (χ3n) is 6.06. The fourth-order valence-corrected chi connectivity index (χ4v) is 5.18. The molecule has 0 N–H and O–H groups in total. The number of rotatable bonds is 10. The minimum Gasteiger partial charge on any atom is -0.493 e. The maximum atomic E-state index is 13.5. The molecule has 0 spiro atoms. The Hall–Kier alpha value is -3.26. The SMILES string of the molecule is COc1ccc(CCN2CC(C(=O)N(Cc3ccco3)Cc3ccc(C)s3)CC2=O)cc1OC. The van der Waals surface area contributed by atoms with E-state index < -0.39 is 0 Å². The van der Waals surface area contributed by atoms with Gasteiger partial charge in [0.25, 0.3) is 0 Å². The van der Waals surface area contributed by atoms with E-state index in [2.05, 4.69) is 19.1 Å². The van der Waals surface area contributed by atoms with Gasteiger partial charge in [-0.05, 0) is 55.3 Å². The molecule has 1 aliphatic rings. The predicted octanol–water partition coefficient (Wildman–Crippen LogP) is 4.29. The third-order valence-corrected chi connectivity index (χ3v) is 7.05. The van der Waals surface area contributed by atoms with Gasteiger partial charge in [0.2, 0.25) is 11.8 Å². The Morgan fingerprint density at radius 2 is 1.97 bits per heavy atom. The van der Waals surface area contributed by atoms with Gasteiger partial charge in [0, 0.05) is 29.3 Å². The molecule has 1 unspecified atom stereocenters. The molecule has 1 aromatic carbocycles. The second-order valence-corrected chi connectivity index (χ2v) is 9.84. The molecule has 4 rings (SSSR count). The first-order chi connectivity index (χ1) is 16.5. The van der Waals surface area contributed by atoms with Crippen molar-refractivity contribution in [2.45, 2.75) is 32.9 Å². The van der Waals surface area contributed by atoms with E-state index in [1.807, 2.05) is 30.3 Å². The number of carbonyl (C=O) groups is 2. The summed E-state index contributed by atoms with van der Waals surface area (Å²) in [5, 5.41) is 0. The largest absolute Gasteiger partial charge is 0.493 e. The number of furan rings is 1. The number of aryl methyl sites for hydroxylation is 1. The van der Waals surface area contributed by atoms with E-state index >= 15 is 0 Å². The van der Waals surface area contributed by atoms with Crippen LogP contribution in [0.2, 0.25) is 0 Å². The molecule has 1 fully saturated rings. The minimum atomic E-state index is -0.353. The maximum Gasteiger partial charge on any atom is 0.228 e. The number of methoxy groups -OCH3 is 2. The van der Waals surface area contributed by atoms with Crippen LogP contribution < -0.4 is 9.47 Å². The molecule has 0 bridgehead atoms. The van der Waals surface area contributed by atoms with E-state index in [4.69, 9.17) is 13.9 Å². The summed E-state index contributed by atoms with van der Waals surface area (Å²) in [6, 6.07) is 13.6. The van der Waals surface area contributed by atoms with Crippen LogP contribution in [0, 0.1) is 12.8 Å². The van der Waals surface area contributed by atoms with Gasteiger partial charge in [-0.25, -0.2) is 0 Å². The van der Waals surface area contributed by atoms with Gasteiger partial charge in [-0.3, -0.25) is 9.59 Å². The van der Waals surface area contributed by atoms with Gasteiger partial charge in [-0.15, -0.1) is 11.3 Å². The lowest BCUT2D eigenvalue weighted by atomic mass is 10.1. The van der Waals surface area contributed by atoms with Crippen molar-refractivity contribution >= 4 is 23.2 Å². The molecular weight excluding hydrogens is 452 g/mol. The maximum absolute atomic E-state index is 13.5. The highest BCUT2D eigenvalue weighted by Crippen LogP contribution is 2.29. The average Bonchev–Trinajstić information content (AvgIpc) is 3.58. The summed E-state index contributed by atoms with van der Waals surface area (Å²) in [5.74, 6) is 1.73. The van der Waals surface area contributed by atoms with E-state index in [0.29, 0.717) is 44.1 Å². The van der Waals surface area contributed by atoms with Crippen molar-refractivity contribution in [3.8, 4) is 11.5 Å². The number of hydrogen-bond acceptors (Lipinski definition) is 6. The summed E-state index contributed by atoms with van der Waals surface area (Å²) in [4.78, 5) is 32.1. The van der Waals surface area contributed by atoms with E-state index in [1.54, 1.807) is 41.6 Å². The number of amides is 2. The van der Waals surface area contributed by atoms with Gasteiger partial charge in [0.05, 0.1) is 39.5 Å². The molecule has 180 valence electrons. The Kier molecular flexibility index (Phi) is 7.57. The van der Waals surface area contributed by atoms with Crippen molar-refractivity contribution in [2.75, 3.05) is 27.3 Å². The second kappa shape index (κ2) is 10.8. The van der Waals surface area contributed by atoms with Crippen molar-refractivity contribution in [1.29, 1.82) is 0 Å². The summed E-state index contributed by atoms with van der Waals surface area (Å²) >= 11 is 1.68. The van der Waals surface area contributed by atoms with Crippen LogP contribution in [-0.2, 0) is 29.1 Å². The third kappa shape index (κ3) is 5.62. The number of hydrogen-bond donors (Lipinski definition) is 0. The number of ether oxygens (including phenoxy) is 2. The van der Waals surface area contributed by atoms with Crippen molar-refractivity contribution in [3.05, 3.63) is 69.8 Å². The highest BCUT2D eigenvalue weighted by Gasteiger charge is 2.36. The Bertz CT molecular complexity index is 1120. The zero-order valence-electron chi connectivity index (χ0n) is 19.8. The summed E-state index contributed by atoms with van der Waals surface area (Å²) in [7, 11) is 3.21. The standard InChI is InChI=1S/C26H30N2O5S/c1-18-6-8-22(34-18)17-28(16-21-5-4-12-33-21)26(30)20-14-25(29)27(15-20)11-10-19-7-9-23(31-2)24(13-19)32-3/h4-9,12-13,20H,10-11,14-17H2,1-3H3. The number of carbonyl (C=O) groups excluding carboxylic acids is 2. The van der Waals surface area contributed by atoms with Crippen LogP contribution in [-0.4, -0.2) is 48.9 Å². The van der Waals surface area contributed by atoms with Crippen LogP contribution in [0.25, 0.3) is 0 Å². The molecule has 0 aliphatic carbocycles. The van der Waals surface area contributed by atoms with Gasteiger partial charge in [0.15, 0.2) is 11.5 Å². The molecule has 8 heteroatoms. The number of thiophene rings is 1. The second-order valence-electron chi connectivity index (χ2n) is 8.47. The normalized spacial score (nSPS) is 15.6. The van der Waals surface area contributed by atoms with Crippen LogP contribution in [0.1, 0.15) is 27.5 Å². The Labute approximate surface area is 203 Å². The van der Waals surface area contributed by atoms with Gasteiger partial charge < -0.3 is 23.7 Å². The summed E-state index contributed by atoms with van der Waals surface area (Å²) in [6.45, 7) is 3.94. The molecule has 2 aromatic heterocycles. The van der Waals surface area contributed by atoms with E-state index in [9.17, 15) is 9.59 Å². The lowest BCUT2D eigenvalue weighted by molar-refractivity contribution is -0.137. The van der Waals surface area contributed by atoms with Crippen LogP contribution in [0.3, 0.4) is 0 Å². The van der Waals surface area contributed by atoms with E-state index in [-0.39, 0.29) is 24.2 Å². The fourth-order valence-electron chi connectivity index (χ4n) is 4.27. The molecule has 1 aliphatic heterocycles. The lowest BCUT2D eigenvalue weighted by Gasteiger charge is -2.24. The van der Waals surface area contributed by atoms with Gasteiger partial charge in [0.1, 0.15) is 5.76 Å². The van der Waals surface area contributed by atoms with Crippen molar-refractivity contribution in [2.24, 2.45) is 5.92 Å². The molecule has 1 atom stereocenters. The number of benzene rings is 1. The highest BCUT2D eigenvalue weighted by molar-refractivity contribution is 7.11. The first-order valence-corrected chi connectivity index (χ1v) is 12.1. The summed E-state index contributed by atoms with van der Waals surface area (Å²) in [6.07, 6.45) is 2.53. The Morgan fingerprint density at radius 3 is 2.65 bits per heavy atom. The summed E-state index contributed by atoms with van der Waals surface area (Å²) in [5.41, 5.74) is 1.05. The van der Waals surface area contributed by atoms with E-state index in [0.717, 1.165) is 16.2 Å². The molecule has 3 aromatic rings. The highest BCUT2D eigenvalue weighted by atomic mass is 32.1. The van der Waals surface area contributed by atoms with Crippen LogP contribution in [0.15, 0.2) is 53.1 Å². The van der Waals surface area contributed by atoms with Crippen molar-refractivity contribution in [1.82, 2.24) is 9.80 Å².